The van der Waals surface area contributed by atoms with Crippen LogP contribution < -0.4 is 10.1 Å². The van der Waals surface area contributed by atoms with Crippen LogP contribution >= 0.6 is 0 Å². The quantitative estimate of drug-likeness (QED) is 0.884. The van der Waals surface area contributed by atoms with Crippen LogP contribution in [0.4, 0.5) is 13.2 Å². The molecule has 0 fully saturated rings. The van der Waals surface area contributed by atoms with E-state index in [4.69, 9.17) is 4.74 Å². The maximum atomic E-state index is 12.1. The largest absolute Gasteiger partial charge is 0.493 e. The Morgan fingerprint density at radius 1 is 1.41 bits per heavy atom. The fourth-order valence-electron chi connectivity index (χ4n) is 1.86. The van der Waals surface area contributed by atoms with Gasteiger partial charge in [-0.25, -0.2) is 0 Å². The Hall–Kier alpha value is -1.23. The molecule has 17 heavy (non-hydrogen) atoms. The lowest BCUT2D eigenvalue weighted by atomic mass is 10.0. The van der Waals surface area contributed by atoms with Crippen LogP contribution in [-0.2, 0) is 6.42 Å². The summed E-state index contributed by atoms with van der Waals surface area (Å²) < 4.78 is 41.6. The van der Waals surface area contributed by atoms with Crippen molar-refractivity contribution in [3.05, 3.63) is 29.3 Å². The number of ether oxygens (including phenoxy) is 1. The van der Waals surface area contributed by atoms with Gasteiger partial charge in [-0.15, -0.1) is 0 Å². The number of alkyl halides is 3. The smallest absolute Gasteiger partial charge is 0.401 e. The van der Waals surface area contributed by atoms with Crippen LogP contribution in [0.25, 0.3) is 0 Å². The molecule has 2 rings (SSSR count). The highest BCUT2D eigenvalue weighted by Gasteiger charge is 2.27. The molecule has 0 amide bonds. The number of nitrogens with one attached hydrogen (secondary N) is 1. The lowest BCUT2D eigenvalue weighted by molar-refractivity contribution is -0.126. The Balaban J connectivity index is 2.02. The first-order valence-corrected chi connectivity index (χ1v) is 5.51. The van der Waals surface area contributed by atoms with Crippen LogP contribution in [0.15, 0.2) is 18.2 Å². The van der Waals surface area contributed by atoms with Crippen molar-refractivity contribution in [2.45, 2.75) is 25.6 Å². The standard InChI is InChI=1S/C12H14F3NO/c1-8(16-7-12(13,14)15)9-2-3-11-10(6-9)4-5-17-11/h2-3,6,8,16H,4-5,7H2,1H3. The summed E-state index contributed by atoms with van der Waals surface area (Å²) >= 11 is 0. The second-order valence-electron chi connectivity index (χ2n) is 4.18. The molecular weight excluding hydrogens is 231 g/mol. The molecule has 1 unspecified atom stereocenters. The molecule has 1 aromatic rings. The zero-order valence-corrected chi connectivity index (χ0v) is 9.47. The van der Waals surface area contributed by atoms with E-state index in [1.165, 1.54) is 0 Å². The predicted molar refractivity (Wildman–Crippen MR) is 58.1 cm³/mol. The van der Waals surface area contributed by atoms with E-state index >= 15 is 0 Å². The van der Waals surface area contributed by atoms with Gasteiger partial charge in [-0.1, -0.05) is 12.1 Å². The maximum absolute atomic E-state index is 12.1. The van der Waals surface area contributed by atoms with Crippen molar-refractivity contribution >= 4 is 0 Å². The first kappa shape index (κ1) is 12.2. The molecule has 0 saturated carbocycles. The van der Waals surface area contributed by atoms with Gasteiger partial charge in [0, 0.05) is 12.5 Å². The first-order chi connectivity index (χ1) is 7.96. The normalized spacial score (nSPS) is 16.5. The minimum Gasteiger partial charge on any atom is -0.493 e. The second-order valence-corrected chi connectivity index (χ2v) is 4.18. The van der Waals surface area contributed by atoms with Crippen molar-refractivity contribution in [3.63, 3.8) is 0 Å². The minimum absolute atomic E-state index is 0.317. The zero-order valence-electron chi connectivity index (χ0n) is 9.47. The van der Waals surface area contributed by atoms with Crippen LogP contribution in [0.3, 0.4) is 0 Å². The van der Waals surface area contributed by atoms with Gasteiger partial charge in [-0.05, 0) is 24.1 Å². The number of hydrogen-bond donors (Lipinski definition) is 1. The number of halogens is 3. The van der Waals surface area contributed by atoms with Crippen LogP contribution in [0.5, 0.6) is 5.75 Å². The van der Waals surface area contributed by atoms with Gasteiger partial charge < -0.3 is 10.1 Å². The highest BCUT2D eigenvalue weighted by atomic mass is 19.4. The summed E-state index contributed by atoms with van der Waals surface area (Å²) in [6.45, 7) is 1.41. The van der Waals surface area contributed by atoms with E-state index in [0.29, 0.717) is 6.61 Å². The average Bonchev–Trinajstić information content (AvgIpc) is 2.71. The third-order valence-corrected chi connectivity index (χ3v) is 2.82. The number of hydrogen-bond acceptors (Lipinski definition) is 2. The van der Waals surface area contributed by atoms with Crippen molar-refractivity contribution in [1.82, 2.24) is 5.32 Å². The summed E-state index contributed by atoms with van der Waals surface area (Å²) in [6.07, 6.45) is -3.34. The SMILES string of the molecule is CC(NCC(F)(F)F)c1ccc2c(c1)CCO2. The van der Waals surface area contributed by atoms with Gasteiger partial charge in [0.1, 0.15) is 5.75 Å². The minimum atomic E-state index is -4.17. The second kappa shape index (κ2) is 4.56. The molecule has 5 heteroatoms. The predicted octanol–water partition coefficient (Wildman–Crippen LogP) is 2.83. The monoisotopic (exact) mass is 245 g/mol. The molecule has 0 spiro atoms. The van der Waals surface area contributed by atoms with E-state index in [1.54, 1.807) is 13.0 Å². The summed E-state index contributed by atoms with van der Waals surface area (Å²) in [5, 5.41) is 2.46. The molecule has 1 N–H and O–H groups in total. The van der Waals surface area contributed by atoms with E-state index in [2.05, 4.69) is 5.32 Å². The van der Waals surface area contributed by atoms with Crippen LogP contribution in [-0.4, -0.2) is 19.3 Å². The fraction of sp³-hybridized carbons (Fsp3) is 0.500. The highest BCUT2D eigenvalue weighted by molar-refractivity contribution is 5.40. The van der Waals surface area contributed by atoms with E-state index in [0.717, 1.165) is 23.3 Å². The third-order valence-electron chi connectivity index (χ3n) is 2.82. The van der Waals surface area contributed by atoms with Gasteiger partial charge in [-0.3, -0.25) is 0 Å². The lowest BCUT2D eigenvalue weighted by Gasteiger charge is -2.16. The molecular formula is C12H14F3NO. The summed E-state index contributed by atoms with van der Waals surface area (Å²) in [5.41, 5.74) is 1.93. The Morgan fingerprint density at radius 2 is 2.18 bits per heavy atom. The molecule has 0 saturated heterocycles. The van der Waals surface area contributed by atoms with Crippen LogP contribution in [0, 0.1) is 0 Å². The Kier molecular flexibility index (Phi) is 3.28. The van der Waals surface area contributed by atoms with Crippen molar-refractivity contribution in [2.75, 3.05) is 13.2 Å². The summed E-state index contributed by atoms with van der Waals surface area (Å²) in [5.74, 6) is 0.844. The maximum Gasteiger partial charge on any atom is 0.401 e. The lowest BCUT2D eigenvalue weighted by Crippen LogP contribution is -2.30. The van der Waals surface area contributed by atoms with Crippen LogP contribution in [0.1, 0.15) is 24.1 Å². The van der Waals surface area contributed by atoms with Gasteiger partial charge in [0.15, 0.2) is 0 Å². The number of benzene rings is 1. The molecule has 1 aliphatic heterocycles. The molecule has 1 atom stereocenters. The zero-order chi connectivity index (χ0) is 12.5. The van der Waals surface area contributed by atoms with Gasteiger partial charge in [-0.2, -0.15) is 13.2 Å². The van der Waals surface area contributed by atoms with Crippen molar-refractivity contribution in [1.29, 1.82) is 0 Å². The Bertz CT molecular complexity index is 403. The van der Waals surface area contributed by atoms with E-state index < -0.39 is 12.7 Å². The van der Waals surface area contributed by atoms with E-state index in [9.17, 15) is 13.2 Å². The van der Waals surface area contributed by atoms with Crippen LogP contribution in [0.2, 0.25) is 0 Å². The summed E-state index contributed by atoms with van der Waals surface area (Å²) in [4.78, 5) is 0. The highest BCUT2D eigenvalue weighted by Crippen LogP contribution is 2.28. The molecule has 0 radical (unpaired) electrons. The molecule has 0 aliphatic carbocycles. The molecule has 94 valence electrons. The third kappa shape index (κ3) is 3.12. The van der Waals surface area contributed by atoms with Crippen molar-refractivity contribution < 1.29 is 17.9 Å². The number of rotatable bonds is 3. The van der Waals surface area contributed by atoms with Gasteiger partial charge in [0.25, 0.3) is 0 Å². The van der Waals surface area contributed by atoms with Gasteiger partial charge in [0.2, 0.25) is 0 Å². The summed E-state index contributed by atoms with van der Waals surface area (Å²) in [6, 6.07) is 5.22. The van der Waals surface area contributed by atoms with Crippen molar-refractivity contribution in [2.24, 2.45) is 0 Å². The summed E-state index contributed by atoms with van der Waals surface area (Å²) in [7, 11) is 0. The first-order valence-electron chi connectivity index (χ1n) is 5.51. The fourth-order valence-corrected chi connectivity index (χ4v) is 1.86. The number of fused-ring (bicyclic) bond motifs is 1. The Labute approximate surface area is 97.8 Å². The molecule has 0 bridgehead atoms. The average molecular weight is 245 g/mol. The molecule has 1 aliphatic rings. The van der Waals surface area contributed by atoms with Gasteiger partial charge in [0.05, 0.1) is 13.2 Å². The molecule has 2 nitrogen and oxygen atoms in total. The van der Waals surface area contributed by atoms with Gasteiger partial charge >= 0.3 is 6.18 Å². The topological polar surface area (TPSA) is 21.3 Å². The van der Waals surface area contributed by atoms with E-state index in [-0.39, 0.29) is 6.04 Å². The molecule has 0 aromatic heterocycles. The molecule has 1 aromatic carbocycles. The van der Waals surface area contributed by atoms with Crippen molar-refractivity contribution in [3.8, 4) is 5.75 Å². The Morgan fingerprint density at radius 3 is 2.88 bits per heavy atom. The van der Waals surface area contributed by atoms with E-state index in [1.807, 2.05) is 12.1 Å². The molecule has 1 heterocycles.